The zero-order valence-electron chi connectivity index (χ0n) is 11.6. The summed E-state index contributed by atoms with van der Waals surface area (Å²) in [7, 11) is 0. The standard InChI is InChI=1S/C9H5Cl2N.C9H7N/c10-8-5-6-3-1-2-4-7(6)9(11)12-8;1-2-6-9-8(4-1)5-3-7-10-9/h1-5H;1-7H. The van der Waals surface area contributed by atoms with Gasteiger partial charge >= 0.3 is 0 Å². The molecule has 0 aliphatic rings. The Hall–Kier alpha value is -2.16. The first-order chi connectivity index (χ1) is 10.7. The van der Waals surface area contributed by atoms with Crippen molar-refractivity contribution in [3.05, 3.63) is 83.2 Å². The van der Waals surface area contributed by atoms with E-state index in [-0.39, 0.29) is 0 Å². The maximum Gasteiger partial charge on any atom is 0.138 e. The van der Waals surface area contributed by atoms with Gasteiger partial charge in [0.05, 0.1) is 5.52 Å². The molecule has 0 radical (unpaired) electrons. The van der Waals surface area contributed by atoms with Gasteiger partial charge in [0.2, 0.25) is 0 Å². The molecule has 4 heteroatoms. The van der Waals surface area contributed by atoms with Crippen molar-refractivity contribution < 1.29 is 0 Å². The van der Waals surface area contributed by atoms with E-state index in [1.165, 1.54) is 5.39 Å². The van der Waals surface area contributed by atoms with Gasteiger partial charge in [-0.2, -0.15) is 0 Å². The van der Waals surface area contributed by atoms with Crippen LogP contribution in [0.3, 0.4) is 0 Å². The minimum atomic E-state index is 0.429. The Morgan fingerprint density at radius 1 is 0.727 bits per heavy atom. The smallest absolute Gasteiger partial charge is 0.138 e. The van der Waals surface area contributed by atoms with Crippen molar-refractivity contribution in [3.63, 3.8) is 0 Å². The number of rotatable bonds is 0. The van der Waals surface area contributed by atoms with Crippen LogP contribution in [-0.2, 0) is 0 Å². The number of hydrogen-bond acceptors (Lipinski definition) is 2. The third kappa shape index (κ3) is 3.35. The van der Waals surface area contributed by atoms with Gasteiger partial charge in [-0.3, -0.25) is 4.98 Å². The fraction of sp³-hybridized carbons (Fsp3) is 0. The maximum absolute atomic E-state index is 5.87. The molecule has 2 nitrogen and oxygen atoms in total. The number of hydrogen-bond donors (Lipinski definition) is 0. The Morgan fingerprint density at radius 2 is 1.41 bits per heavy atom. The van der Waals surface area contributed by atoms with E-state index in [0.29, 0.717) is 10.3 Å². The highest BCUT2D eigenvalue weighted by atomic mass is 35.5. The molecule has 4 rings (SSSR count). The van der Waals surface area contributed by atoms with E-state index in [2.05, 4.69) is 22.1 Å². The second-order valence-corrected chi connectivity index (χ2v) is 5.40. The Bertz CT molecular complexity index is 857. The molecule has 0 atom stereocenters. The molecule has 108 valence electrons. The van der Waals surface area contributed by atoms with Crippen molar-refractivity contribution in [1.29, 1.82) is 0 Å². The molecule has 0 amide bonds. The van der Waals surface area contributed by atoms with E-state index in [9.17, 15) is 0 Å². The molecule has 0 saturated heterocycles. The van der Waals surface area contributed by atoms with Gasteiger partial charge in [-0.05, 0) is 23.6 Å². The minimum Gasteiger partial charge on any atom is -0.256 e. The molecule has 0 unspecified atom stereocenters. The van der Waals surface area contributed by atoms with Crippen molar-refractivity contribution in [1.82, 2.24) is 9.97 Å². The van der Waals surface area contributed by atoms with Crippen LogP contribution < -0.4 is 0 Å². The molecule has 2 aromatic carbocycles. The molecule has 0 bridgehead atoms. The van der Waals surface area contributed by atoms with E-state index >= 15 is 0 Å². The minimum absolute atomic E-state index is 0.429. The maximum atomic E-state index is 5.87. The second kappa shape index (κ2) is 6.73. The number of benzene rings is 2. The molecule has 2 aromatic heterocycles. The van der Waals surface area contributed by atoms with Crippen LogP contribution in [0.2, 0.25) is 10.3 Å². The summed E-state index contributed by atoms with van der Waals surface area (Å²) in [5.74, 6) is 0. The first-order valence-corrected chi connectivity index (χ1v) is 7.50. The van der Waals surface area contributed by atoms with E-state index in [1.807, 2.05) is 54.7 Å². The molecule has 0 N–H and O–H groups in total. The molecular weight excluding hydrogens is 315 g/mol. The van der Waals surface area contributed by atoms with Gasteiger partial charge in [0.1, 0.15) is 10.3 Å². The van der Waals surface area contributed by atoms with E-state index in [0.717, 1.165) is 16.3 Å². The lowest BCUT2D eigenvalue weighted by Gasteiger charge is -1.98. The molecular formula is C18H12Cl2N2. The summed E-state index contributed by atoms with van der Waals surface area (Å²) in [6.07, 6.45) is 1.81. The molecule has 4 aromatic rings. The van der Waals surface area contributed by atoms with Crippen molar-refractivity contribution in [2.45, 2.75) is 0 Å². The van der Waals surface area contributed by atoms with Gasteiger partial charge in [0.25, 0.3) is 0 Å². The van der Waals surface area contributed by atoms with Crippen LogP contribution in [0.15, 0.2) is 72.9 Å². The first kappa shape index (κ1) is 14.8. The summed E-state index contributed by atoms with van der Waals surface area (Å²) in [5, 5.41) is 4.04. The highest BCUT2D eigenvalue weighted by Gasteiger charge is 2.00. The van der Waals surface area contributed by atoms with Crippen molar-refractivity contribution in [3.8, 4) is 0 Å². The fourth-order valence-corrected chi connectivity index (χ4v) is 2.65. The summed E-state index contributed by atoms with van der Waals surface area (Å²) < 4.78 is 0. The molecule has 0 fully saturated rings. The van der Waals surface area contributed by atoms with Gasteiger partial charge in [-0.1, -0.05) is 71.7 Å². The average Bonchev–Trinajstić information content (AvgIpc) is 2.55. The molecule has 0 saturated carbocycles. The Morgan fingerprint density at radius 3 is 2.23 bits per heavy atom. The van der Waals surface area contributed by atoms with Gasteiger partial charge in [0, 0.05) is 17.0 Å². The van der Waals surface area contributed by atoms with E-state index < -0.39 is 0 Å². The molecule has 0 spiro atoms. The van der Waals surface area contributed by atoms with Crippen LogP contribution in [0.5, 0.6) is 0 Å². The van der Waals surface area contributed by atoms with E-state index in [4.69, 9.17) is 23.2 Å². The number of nitrogens with zero attached hydrogens (tertiary/aromatic N) is 2. The quantitative estimate of drug-likeness (QED) is 0.383. The van der Waals surface area contributed by atoms with Gasteiger partial charge in [-0.15, -0.1) is 0 Å². The monoisotopic (exact) mass is 326 g/mol. The van der Waals surface area contributed by atoms with Crippen molar-refractivity contribution in [2.24, 2.45) is 0 Å². The first-order valence-electron chi connectivity index (χ1n) is 6.74. The lowest BCUT2D eigenvalue weighted by molar-refractivity contribution is 1.36. The number of fused-ring (bicyclic) bond motifs is 2. The number of pyridine rings is 2. The van der Waals surface area contributed by atoms with Crippen LogP contribution in [0, 0.1) is 0 Å². The van der Waals surface area contributed by atoms with Crippen molar-refractivity contribution in [2.75, 3.05) is 0 Å². The predicted octanol–water partition coefficient (Wildman–Crippen LogP) is 5.78. The lowest BCUT2D eigenvalue weighted by Crippen LogP contribution is -1.79. The summed E-state index contributed by atoms with van der Waals surface area (Å²) in [6, 6.07) is 21.6. The summed E-state index contributed by atoms with van der Waals surface area (Å²) in [4.78, 5) is 8.11. The third-order valence-corrected chi connectivity index (χ3v) is 3.66. The Balaban J connectivity index is 0.000000133. The number of halogens is 2. The van der Waals surface area contributed by atoms with Crippen molar-refractivity contribution >= 4 is 44.9 Å². The normalized spacial score (nSPS) is 10.3. The fourth-order valence-electron chi connectivity index (χ4n) is 2.14. The lowest BCUT2D eigenvalue weighted by atomic mass is 10.2. The predicted molar refractivity (Wildman–Crippen MR) is 93.5 cm³/mol. The van der Waals surface area contributed by atoms with Gasteiger partial charge < -0.3 is 0 Å². The van der Waals surface area contributed by atoms with Crippen LogP contribution in [0.4, 0.5) is 0 Å². The summed E-state index contributed by atoms with van der Waals surface area (Å²) >= 11 is 11.6. The van der Waals surface area contributed by atoms with Crippen LogP contribution in [-0.4, -0.2) is 9.97 Å². The number of aromatic nitrogens is 2. The highest BCUT2D eigenvalue weighted by Crippen LogP contribution is 2.23. The zero-order chi connectivity index (χ0) is 15.4. The van der Waals surface area contributed by atoms with E-state index in [1.54, 1.807) is 6.07 Å². The zero-order valence-corrected chi connectivity index (χ0v) is 13.1. The molecule has 0 aliphatic carbocycles. The van der Waals surface area contributed by atoms with Gasteiger partial charge in [0.15, 0.2) is 0 Å². The number of para-hydroxylation sites is 1. The molecule has 0 aliphatic heterocycles. The van der Waals surface area contributed by atoms with Crippen LogP contribution in [0.1, 0.15) is 0 Å². The van der Waals surface area contributed by atoms with Gasteiger partial charge in [-0.25, -0.2) is 4.98 Å². The molecule has 2 heterocycles. The SMILES string of the molecule is Clc1cc2ccccc2c(Cl)n1.c1ccc2ncccc2c1. The van der Waals surface area contributed by atoms with Crippen LogP contribution in [0.25, 0.3) is 21.7 Å². The third-order valence-electron chi connectivity index (χ3n) is 3.17. The Kier molecular flexibility index (Phi) is 4.52. The summed E-state index contributed by atoms with van der Waals surface area (Å²) in [6.45, 7) is 0. The highest BCUT2D eigenvalue weighted by molar-refractivity contribution is 6.36. The van der Waals surface area contributed by atoms with Crippen LogP contribution >= 0.6 is 23.2 Å². The topological polar surface area (TPSA) is 25.8 Å². The second-order valence-electron chi connectivity index (χ2n) is 4.65. The molecule has 22 heavy (non-hydrogen) atoms. The Labute approximate surface area is 138 Å². The summed E-state index contributed by atoms with van der Waals surface area (Å²) in [5.41, 5.74) is 1.06. The average molecular weight is 327 g/mol. The largest absolute Gasteiger partial charge is 0.256 e.